The molecule has 38 valence electrons. The van der Waals surface area contributed by atoms with E-state index in [0.717, 1.165) is 0 Å². The molecule has 0 unspecified atom stereocenters. The Morgan fingerprint density at radius 1 is 1.83 bits per heavy atom. The van der Waals surface area contributed by atoms with Crippen LogP contribution in [0.25, 0.3) is 0 Å². The van der Waals surface area contributed by atoms with Crippen molar-refractivity contribution in [2.24, 2.45) is 0 Å². The number of ether oxygens (including phenoxy) is 1. The van der Waals surface area contributed by atoms with Crippen molar-refractivity contribution >= 4 is 29.4 Å². The molecule has 0 saturated heterocycles. The standard InChI is InChI=1S/C2H3ClO2.ClH/c1-5-2(3)4;/h1H3;1H. The first-order valence-corrected chi connectivity index (χ1v) is 1.38. The zero-order valence-electron chi connectivity index (χ0n) is 3.10. The summed E-state index contributed by atoms with van der Waals surface area (Å²) in [4.78, 5) is 9.36. The van der Waals surface area contributed by atoms with E-state index in [2.05, 4.69) is 16.3 Å². The summed E-state index contributed by atoms with van der Waals surface area (Å²) in [5.41, 5.74) is -0.773. The van der Waals surface area contributed by atoms with Crippen molar-refractivity contribution in [1.29, 1.82) is 0 Å². The molecule has 2 nitrogen and oxygen atoms in total. The van der Waals surface area contributed by atoms with Crippen LogP contribution in [-0.4, -0.2) is 12.5 Å². The maximum Gasteiger partial charge on any atom is 0.403 e. The number of carbonyl (C=O) groups is 1. The van der Waals surface area contributed by atoms with Gasteiger partial charge in [-0.05, 0) is 0 Å². The Kier molecular flexibility index (Phi) is 7.92. The van der Waals surface area contributed by atoms with E-state index in [0.29, 0.717) is 0 Å². The van der Waals surface area contributed by atoms with E-state index in [1.807, 2.05) is 0 Å². The minimum Gasteiger partial charge on any atom is -0.457 e. The highest BCUT2D eigenvalue weighted by atomic mass is 35.5. The van der Waals surface area contributed by atoms with Crippen LogP contribution in [0.15, 0.2) is 0 Å². The summed E-state index contributed by atoms with van der Waals surface area (Å²) in [6.45, 7) is 0. The van der Waals surface area contributed by atoms with Crippen LogP contribution in [0.3, 0.4) is 0 Å². The van der Waals surface area contributed by atoms with Crippen LogP contribution in [0, 0.1) is 0 Å². The molecule has 0 aliphatic carbocycles. The van der Waals surface area contributed by atoms with Gasteiger partial charge in [-0.1, -0.05) is 0 Å². The first kappa shape index (κ1) is 9.41. The summed E-state index contributed by atoms with van der Waals surface area (Å²) in [7, 11) is 1.22. The van der Waals surface area contributed by atoms with E-state index in [-0.39, 0.29) is 12.4 Å². The van der Waals surface area contributed by atoms with Gasteiger partial charge in [0.05, 0.1) is 7.11 Å². The van der Waals surface area contributed by atoms with Crippen molar-refractivity contribution in [3.05, 3.63) is 0 Å². The van der Waals surface area contributed by atoms with Crippen LogP contribution in [0.5, 0.6) is 0 Å². The SMILES string of the molecule is COC(=O)Cl.Cl. The molecule has 0 N–H and O–H groups in total. The number of hydrogen-bond acceptors (Lipinski definition) is 2. The van der Waals surface area contributed by atoms with Crippen LogP contribution in [-0.2, 0) is 4.74 Å². The second kappa shape index (κ2) is 5.05. The van der Waals surface area contributed by atoms with Gasteiger partial charge in [0.15, 0.2) is 0 Å². The zero-order valence-corrected chi connectivity index (χ0v) is 4.68. The van der Waals surface area contributed by atoms with Crippen molar-refractivity contribution in [2.45, 2.75) is 0 Å². The number of methoxy groups -OCH3 is 1. The van der Waals surface area contributed by atoms with E-state index < -0.39 is 5.43 Å². The van der Waals surface area contributed by atoms with E-state index in [1.54, 1.807) is 0 Å². The predicted molar refractivity (Wildman–Crippen MR) is 25.5 cm³/mol. The maximum atomic E-state index is 9.36. The highest BCUT2D eigenvalue weighted by Crippen LogP contribution is 1.78. The van der Waals surface area contributed by atoms with E-state index in [4.69, 9.17) is 0 Å². The predicted octanol–water partition coefficient (Wildman–Crippen LogP) is 1.41. The highest BCUT2D eigenvalue weighted by molar-refractivity contribution is 6.61. The fourth-order valence-electron chi connectivity index (χ4n) is 0. The van der Waals surface area contributed by atoms with Crippen molar-refractivity contribution < 1.29 is 9.53 Å². The minimum atomic E-state index is -0.773. The van der Waals surface area contributed by atoms with Gasteiger partial charge in [0.25, 0.3) is 0 Å². The number of hydrogen-bond donors (Lipinski definition) is 0. The normalized spacial score (nSPS) is 5.67. The average Bonchev–Trinajstić information content (AvgIpc) is 1.38. The van der Waals surface area contributed by atoms with E-state index in [1.165, 1.54) is 7.11 Å². The second-order valence-electron chi connectivity index (χ2n) is 0.442. The van der Waals surface area contributed by atoms with Gasteiger partial charge in [-0.2, -0.15) is 0 Å². The molecule has 4 heteroatoms. The van der Waals surface area contributed by atoms with E-state index >= 15 is 0 Å². The van der Waals surface area contributed by atoms with Gasteiger partial charge >= 0.3 is 5.43 Å². The van der Waals surface area contributed by atoms with Gasteiger partial charge < -0.3 is 4.74 Å². The highest BCUT2D eigenvalue weighted by Gasteiger charge is 1.80. The smallest absolute Gasteiger partial charge is 0.403 e. The molecule has 0 radical (unpaired) electrons. The summed E-state index contributed by atoms with van der Waals surface area (Å²) >= 11 is 4.60. The molecule has 0 amide bonds. The summed E-state index contributed by atoms with van der Waals surface area (Å²) in [6, 6.07) is 0. The Bertz CT molecular complexity index is 44.8. The molecule has 0 fully saturated rings. The summed E-state index contributed by atoms with van der Waals surface area (Å²) in [6.07, 6.45) is 0. The molecule has 0 aliphatic rings. The third-order valence-electron chi connectivity index (χ3n) is 0.160. The van der Waals surface area contributed by atoms with Gasteiger partial charge in [-0.15, -0.1) is 12.4 Å². The summed E-state index contributed by atoms with van der Waals surface area (Å²) < 4.78 is 3.88. The maximum absolute atomic E-state index is 9.36. The molecule has 0 aromatic carbocycles. The molecule has 0 heterocycles. The van der Waals surface area contributed by atoms with Crippen molar-refractivity contribution in [1.82, 2.24) is 0 Å². The lowest BCUT2D eigenvalue weighted by Crippen LogP contribution is -1.80. The first-order chi connectivity index (χ1) is 2.27. The van der Waals surface area contributed by atoms with E-state index in [9.17, 15) is 4.79 Å². The molecule has 0 bridgehead atoms. The van der Waals surface area contributed by atoms with Crippen LogP contribution < -0.4 is 0 Å². The van der Waals surface area contributed by atoms with Crippen LogP contribution in [0.4, 0.5) is 4.79 Å². The lowest BCUT2D eigenvalue weighted by atomic mass is 11.5. The summed E-state index contributed by atoms with van der Waals surface area (Å²) in [5, 5.41) is 0. The average molecular weight is 131 g/mol. The lowest BCUT2D eigenvalue weighted by molar-refractivity contribution is 0.198. The third kappa shape index (κ3) is 8.96. The van der Waals surface area contributed by atoms with Gasteiger partial charge in [-0.25, -0.2) is 4.79 Å². The second-order valence-corrected chi connectivity index (χ2v) is 0.750. The fourth-order valence-corrected chi connectivity index (χ4v) is 0. The Morgan fingerprint density at radius 2 is 2.00 bits per heavy atom. The van der Waals surface area contributed by atoms with Gasteiger partial charge in [-0.3, -0.25) is 0 Å². The molecule has 0 aromatic heterocycles. The monoisotopic (exact) mass is 130 g/mol. The quantitative estimate of drug-likeness (QED) is 0.464. The first-order valence-electron chi connectivity index (χ1n) is 1.01. The molecule has 0 rings (SSSR count). The Balaban J connectivity index is 0. The van der Waals surface area contributed by atoms with Gasteiger partial charge in [0.1, 0.15) is 0 Å². The van der Waals surface area contributed by atoms with Crippen LogP contribution in [0.2, 0.25) is 0 Å². The number of carbonyl (C=O) groups excluding carboxylic acids is 1. The van der Waals surface area contributed by atoms with Crippen LogP contribution in [0.1, 0.15) is 0 Å². The van der Waals surface area contributed by atoms with Gasteiger partial charge in [0, 0.05) is 11.6 Å². The molecule has 0 aromatic rings. The van der Waals surface area contributed by atoms with Crippen LogP contribution >= 0.6 is 24.0 Å². The summed E-state index contributed by atoms with van der Waals surface area (Å²) in [5.74, 6) is 0. The molecular formula is C2H4Cl2O2. The molecule has 0 aliphatic heterocycles. The Morgan fingerprint density at radius 3 is 2.00 bits per heavy atom. The Labute approximate surface area is 46.8 Å². The van der Waals surface area contributed by atoms with Gasteiger partial charge in [0.2, 0.25) is 0 Å². The largest absolute Gasteiger partial charge is 0.457 e. The van der Waals surface area contributed by atoms with Crippen molar-refractivity contribution in [3.8, 4) is 0 Å². The minimum absolute atomic E-state index is 0. The number of rotatable bonds is 0. The zero-order chi connectivity index (χ0) is 4.28. The molecular weight excluding hydrogens is 127 g/mol. The third-order valence-corrected chi connectivity index (χ3v) is 0.315. The van der Waals surface area contributed by atoms with Crippen molar-refractivity contribution in [3.63, 3.8) is 0 Å². The number of halogens is 2. The fraction of sp³-hybridized carbons (Fsp3) is 0.500. The lowest BCUT2D eigenvalue weighted by Gasteiger charge is -1.77. The molecule has 0 atom stereocenters. The molecule has 0 saturated carbocycles. The molecule has 6 heavy (non-hydrogen) atoms. The van der Waals surface area contributed by atoms with Crippen molar-refractivity contribution in [2.75, 3.05) is 7.11 Å². The Hall–Kier alpha value is 0.0500. The molecule has 0 spiro atoms. The topological polar surface area (TPSA) is 26.3 Å².